The third-order valence-corrected chi connectivity index (χ3v) is 6.47. The first-order chi connectivity index (χ1) is 9.87. The van der Waals surface area contributed by atoms with Gasteiger partial charge in [-0.3, -0.25) is 4.90 Å². The van der Waals surface area contributed by atoms with Gasteiger partial charge in [0.2, 0.25) is 10.0 Å². The van der Waals surface area contributed by atoms with Crippen LogP contribution >= 0.6 is 0 Å². The van der Waals surface area contributed by atoms with E-state index in [2.05, 4.69) is 4.90 Å². The SMILES string of the molecule is CN1C[C@H](CO)CC12CN(S(=O)(=O)c1ccc(F)cc1)C2. The molecule has 0 aliphatic carbocycles. The van der Waals surface area contributed by atoms with Crippen molar-refractivity contribution >= 4 is 10.0 Å². The van der Waals surface area contributed by atoms with E-state index in [1.54, 1.807) is 0 Å². The van der Waals surface area contributed by atoms with Crippen molar-refractivity contribution in [2.75, 3.05) is 33.3 Å². The highest BCUT2D eigenvalue weighted by molar-refractivity contribution is 7.89. The van der Waals surface area contributed by atoms with Gasteiger partial charge < -0.3 is 5.11 Å². The predicted octanol–water partition coefficient (Wildman–Crippen LogP) is 0.513. The van der Waals surface area contributed by atoms with Gasteiger partial charge in [0.15, 0.2) is 0 Å². The Morgan fingerprint density at radius 1 is 1.33 bits per heavy atom. The molecule has 1 N–H and O–H groups in total. The number of likely N-dealkylation sites (N-methyl/N-ethyl adjacent to an activating group) is 1. The lowest BCUT2D eigenvalue weighted by Gasteiger charge is -2.50. The Balaban J connectivity index is 1.75. The van der Waals surface area contributed by atoms with Gasteiger partial charge in [-0.1, -0.05) is 0 Å². The number of aliphatic hydroxyl groups excluding tert-OH is 1. The first-order valence-corrected chi connectivity index (χ1v) is 8.39. The molecule has 0 unspecified atom stereocenters. The summed E-state index contributed by atoms with van der Waals surface area (Å²) in [5, 5.41) is 9.27. The summed E-state index contributed by atoms with van der Waals surface area (Å²) in [6.45, 7) is 1.79. The minimum atomic E-state index is -3.55. The van der Waals surface area contributed by atoms with Gasteiger partial charge >= 0.3 is 0 Å². The van der Waals surface area contributed by atoms with E-state index in [0.717, 1.165) is 25.1 Å². The zero-order valence-electron chi connectivity index (χ0n) is 11.9. The first kappa shape index (κ1) is 14.9. The fourth-order valence-electron chi connectivity index (χ4n) is 3.37. The van der Waals surface area contributed by atoms with Crippen LogP contribution in [0.3, 0.4) is 0 Å². The van der Waals surface area contributed by atoms with Crippen LogP contribution < -0.4 is 0 Å². The molecule has 2 fully saturated rings. The van der Waals surface area contributed by atoms with Crippen molar-refractivity contribution in [3.05, 3.63) is 30.1 Å². The number of likely N-dealkylation sites (tertiary alicyclic amines) is 1. The van der Waals surface area contributed by atoms with E-state index in [1.165, 1.54) is 16.4 Å². The third-order valence-electron chi connectivity index (χ3n) is 4.66. The number of aliphatic hydroxyl groups is 1. The van der Waals surface area contributed by atoms with Crippen molar-refractivity contribution in [1.29, 1.82) is 0 Å². The maximum absolute atomic E-state index is 12.9. The number of halogens is 1. The standard InChI is InChI=1S/C14H19FN2O3S/c1-16-7-11(8-18)6-14(16)9-17(10-14)21(19,20)13-4-2-12(15)3-5-13/h2-5,11,18H,6-10H2,1H3/t11-/m1/s1. The molecule has 1 aromatic rings. The number of nitrogens with zero attached hydrogens (tertiary/aromatic N) is 2. The van der Waals surface area contributed by atoms with Crippen molar-refractivity contribution < 1.29 is 17.9 Å². The average molecular weight is 314 g/mol. The lowest BCUT2D eigenvalue weighted by molar-refractivity contribution is 0.0374. The second-order valence-corrected chi connectivity index (χ2v) is 8.02. The fraction of sp³-hybridized carbons (Fsp3) is 0.571. The highest BCUT2D eigenvalue weighted by Crippen LogP contribution is 2.41. The van der Waals surface area contributed by atoms with Crippen LogP contribution in [0.25, 0.3) is 0 Å². The summed E-state index contributed by atoms with van der Waals surface area (Å²) in [6, 6.07) is 4.91. The summed E-state index contributed by atoms with van der Waals surface area (Å²) in [6.07, 6.45) is 0.815. The summed E-state index contributed by atoms with van der Waals surface area (Å²) >= 11 is 0. The van der Waals surface area contributed by atoms with Gasteiger partial charge in [0.1, 0.15) is 5.82 Å². The van der Waals surface area contributed by atoms with Crippen LogP contribution in [0.4, 0.5) is 4.39 Å². The van der Waals surface area contributed by atoms with Crippen LogP contribution in [0.2, 0.25) is 0 Å². The number of rotatable bonds is 3. The summed E-state index contributed by atoms with van der Waals surface area (Å²) in [4.78, 5) is 2.27. The zero-order valence-corrected chi connectivity index (χ0v) is 12.7. The highest BCUT2D eigenvalue weighted by atomic mass is 32.2. The molecule has 2 aliphatic heterocycles. The van der Waals surface area contributed by atoms with Crippen molar-refractivity contribution in [1.82, 2.24) is 9.21 Å². The molecule has 2 saturated heterocycles. The molecule has 7 heteroatoms. The molecular formula is C14H19FN2O3S. The Morgan fingerprint density at radius 2 is 1.95 bits per heavy atom. The van der Waals surface area contributed by atoms with Crippen molar-refractivity contribution in [2.45, 2.75) is 16.9 Å². The van der Waals surface area contributed by atoms with E-state index in [9.17, 15) is 17.9 Å². The predicted molar refractivity (Wildman–Crippen MR) is 75.7 cm³/mol. The number of hydrogen-bond acceptors (Lipinski definition) is 4. The van der Waals surface area contributed by atoms with Crippen LogP contribution in [-0.4, -0.2) is 61.6 Å². The molecule has 0 saturated carbocycles. The topological polar surface area (TPSA) is 60.9 Å². The third kappa shape index (κ3) is 2.38. The van der Waals surface area contributed by atoms with Gasteiger partial charge in [0.05, 0.1) is 4.90 Å². The number of benzene rings is 1. The smallest absolute Gasteiger partial charge is 0.243 e. The van der Waals surface area contributed by atoms with E-state index >= 15 is 0 Å². The summed E-state index contributed by atoms with van der Waals surface area (Å²) in [5.41, 5.74) is -0.152. The second-order valence-electron chi connectivity index (χ2n) is 6.08. The minimum absolute atomic E-state index is 0.123. The van der Waals surface area contributed by atoms with Crippen LogP contribution in [0.5, 0.6) is 0 Å². The monoisotopic (exact) mass is 314 g/mol. The van der Waals surface area contributed by atoms with Gasteiger partial charge in [-0.25, -0.2) is 12.8 Å². The molecule has 3 rings (SSSR count). The van der Waals surface area contributed by atoms with E-state index < -0.39 is 15.8 Å². The van der Waals surface area contributed by atoms with Crippen LogP contribution in [0.1, 0.15) is 6.42 Å². The second kappa shape index (κ2) is 5.01. The molecule has 0 aromatic heterocycles. The van der Waals surface area contributed by atoms with Gasteiger partial charge in [-0.2, -0.15) is 4.31 Å². The Morgan fingerprint density at radius 3 is 2.48 bits per heavy atom. The lowest BCUT2D eigenvalue weighted by atomic mass is 9.87. The molecule has 1 aromatic carbocycles. The first-order valence-electron chi connectivity index (χ1n) is 6.95. The molecule has 1 atom stereocenters. The molecule has 1 spiro atoms. The lowest BCUT2D eigenvalue weighted by Crippen LogP contribution is -2.67. The van der Waals surface area contributed by atoms with Gasteiger partial charge in [0.25, 0.3) is 0 Å². The number of sulfonamides is 1. The minimum Gasteiger partial charge on any atom is -0.396 e. The molecule has 2 aliphatic rings. The largest absolute Gasteiger partial charge is 0.396 e. The molecule has 0 bridgehead atoms. The fourth-order valence-corrected chi connectivity index (χ4v) is 4.97. The summed E-state index contributed by atoms with van der Waals surface area (Å²) < 4.78 is 39.3. The molecule has 5 nitrogen and oxygen atoms in total. The molecule has 0 radical (unpaired) electrons. The highest BCUT2D eigenvalue weighted by Gasteiger charge is 2.54. The maximum atomic E-state index is 12.9. The normalized spacial score (nSPS) is 26.1. The molecule has 0 amide bonds. The molecule has 116 valence electrons. The van der Waals surface area contributed by atoms with E-state index in [4.69, 9.17) is 0 Å². The quantitative estimate of drug-likeness (QED) is 0.883. The van der Waals surface area contributed by atoms with Gasteiger partial charge in [-0.15, -0.1) is 0 Å². The van der Waals surface area contributed by atoms with Crippen LogP contribution in [0.15, 0.2) is 29.2 Å². The van der Waals surface area contributed by atoms with Crippen molar-refractivity contribution in [3.63, 3.8) is 0 Å². The molecule has 21 heavy (non-hydrogen) atoms. The Bertz CT molecular complexity index is 626. The average Bonchev–Trinajstić information content (AvgIpc) is 2.74. The number of hydrogen-bond donors (Lipinski definition) is 1. The zero-order chi connectivity index (χ0) is 15.3. The molecule has 2 heterocycles. The van der Waals surface area contributed by atoms with E-state index in [1.807, 2.05) is 7.05 Å². The Labute approximate surface area is 124 Å². The Kier molecular flexibility index (Phi) is 3.56. The summed E-state index contributed by atoms with van der Waals surface area (Å²) in [5.74, 6) is -0.235. The van der Waals surface area contributed by atoms with E-state index in [-0.39, 0.29) is 23.0 Å². The molecular weight excluding hydrogens is 295 g/mol. The Hall–Kier alpha value is -1.02. The summed E-state index contributed by atoms with van der Waals surface area (Å²) in [7, 11) is -1.58. The maximum Gasteiger partial charge on any atom is 0.243 e. The van der Waals surface area contributed by atoms with Crippen molar-refractivity contribution in [3.8, 4) is 0 Å². The van der Waals surface area contributed by atoms with Gasteiger partial charge in [0, 0.05) is 31.8 Å². The van der Waals surface area contributed by atoms with E-state index in [0.29, 0.717) is 13.1 Å². The van der Waals surface area contributed by atoms with Crippen LogP contribution in [0, 0.1) is 11.7 Å². The van der Waals surface area contributed by atoms with Crippen LogP contribution in [-0.2, 0) is 10.0 Å². The van der Waals surface area contributed by atoms with Gasteiger partial charge in [-0.05, 0) is 43.7 Å². The van der Waals surface area contributed by atoms with Crippen molar-refractivity contribution in [2.24, 2.45) is 5.92 Å².